The van der Waals surface area contributed by atoms with E-state index in [9.17, 15) is 23.7 Å². The van der Waals surface area contributed by atoms with Crippen LogP contribution in [0.3, 0.4) is 0 Å². The Bertz CT molecular complexity index is 724. The van der Waals surface area contributed by atoms with E-state index in [-0.39, 0.29) is 10.8 Å². The molecule has 0 saturated heterocycles. The van der Waals surface area contributed by atoms with Gasteiger partial charge in [-0.2, -0.15) is 4.39 Å². The minimum Gasteiger partial charge on any atom is -0.318 e. The maximum absolute atomic E-state index is 13.5. The van der Waals surface area contributed by atoms with Gasteiger partial charge in [-0.15, -0.1) is 10.2 Å². The molecule has 1 N–H and O–H groups in total. The van der Waals surface area contributed by atoms with E-state index >= 15 is 0 Å². The molecule has 21 heavy (non-hydrogen) atoms. The molecule has 2 rings (SSSR count). The second-order valence-electron chi connectivity index (χ2n) is 3.74. The lowest BCUT2D eigenvalue weighted by molar-refractivity contribution is -0.387. The molecule has 108 valence electrons. The minimum absolute atomic E-state index is 0.0511. The zero-order valence-corrected chi connectivity index (χ0v) is 10.8. The molecule has 10 heteroatoms. The Morgan fingerprint density at radius 2 is 1.95 bits per heavy atom. The molecule has 0 radical (unpaired) electrons. The quantitative estimate of drug-likeness (QED) is 0.693. The number of nitro benzene ring substituents is 1. The lowest BCUT2D eigenvalue weighted by Crippen LogP contribution is -2.15. The Labute approximate surface area is 120 Å². The monoisotopic (exact) mass is 314 g/mol. The number of benzene rings is 1. The fourth-order valence-electron chi connectivity index (χ4n) is 1.40. The molecule has 1 amide bonds. The number of hydrogen-bond acceptors (Lipinski definition) is 5. The van der Waals surface area contributed by atoms with Crippen LogP contribution in [0.2, 0.25) is 5.15 Å². The molecule has 1 aromatic carbocycles. The molecule has 0 saturated carbocycles. The van der Waals surface area contributed by atoms with Crippen molar-refractivity contribution in [3.63, 3.8) is 0 Å². The van der Waals surface area contributed by atoms with Gasteiger partial charge in [0, 0.05) is 12.1 Å². The van der Waals surface area contributed by atoms with E-state index in [4.69, 9.17) is 11.6 Å². The van der Waals surface area contributed by atoms with E-state index in [1.54, 1.807) is 0 Å². The van der Waals surface area contributed by atoms with Crippen LogP contribution in [-0.2, 0) is 0 Å². The SMILES string of the molecule is O=C(Nc1cc([N+](=O)[O-])c(F)cc1F)c1ccc(Cl)nn1. The normalized spacial score (nSPS) is 10.2. The van der Waals surface area contributed by atoms with E-state index in [2.05, 4.69) is 10.2 Å². The van der Waals surface area contributed by atoms with Crippen molar-refractivity contribution in [2.75, 3.05) is 5.32 Å². The van der Waals surface area contributed by atoms with E-state index < -0.39 is 33.8 Å². The van der Waals surface area contributed by atoms with Crippen molar-refractivity contribution < 1.29 is 18.5 Å². The molecule has 2 aromatic rings. The van der Waals surface area contributed by atoms with Crippen molar-refractivity contribution in [2.24, 2.45) is 0 Å². The highest BCUT2D eigenvalue weighted by Crippen LogP contribution is 2.25. The molecule has 1 heterocycles. The smallest absolute Gasteiger partial charge is 0.307 e. The lowest BCUT2D eigenvalue weighted by atomic mass is 10.2. The first-order valence-electron chi connectivity index (χ1n) is 5.32. The Morgan fingerprint density at radius 1 is 1.24 bits per heavy atom. The predicted octanol–water partition coefficient (Wildman–Crippen LogP) is 2.57. The summed E-state index contributed by atoms with van der Waals surface area (Å²) in [7, 11) is 0. The van der Waals surface area contributed by atoms with E-state index in [1.165, 1.54) is 12.1 Å². The highest BCUT2D eigenvalue weighted by atomic mass is 35.5. The zero-order valence-electron chi connectivity index (χ0n) is 10.0. The fourth-order valence-corrected chi connectivity index (χ4v) is 1.50. The Hall–Kier alpha value is -2.68. The average molecular weight is 315 g/mol. The van der Waals surface area contributed by atoms with Crippen LogP contribution in [-0.4, -0.2) is 21.0 Å². The van der Waals surface area contributed by atoms with Crippen molar-refractivity contribution in [1.29, 1.82) is 0 Å². The van der Waals surface area contributed by atoms with Gasteiger partial charge < -0.3 is 5.32 Å². The van der Waals surface area contributed by atoms with Gasteiger partial charge in [-0.25, -0.2) is 4.39 Å². The summed E-state index contributed by atoms with van der Waals surface area (Å²) < 4.78 is 26.7. The summed E-state index contributed by atoms with van der Waals surface area (Å²) in [5.74, 6) is -3.38. The zero-order chi connectivity index (χ0) is 15.6. The molecule has 0 atom stereocenters. The number of carbonyl (C=O) groups excluding carboxylic acids is 1. The summed E-state index contributed by atoms with van der Waals surface area (Å²) in [4.78, 5) is 21.3. The Balaban J connectivity index is 2.30. The first-order valence-corrected chi connectivity index (χ1v) is 5.70. The van der Waals surface area contributed by atoms with Crippen LogP contribution >= 0.6 is 11.6 Å². The van der Waals surface area contributed by atoms with Crippen LogP contribution in [0.25, 0.3) is 0 Å². The first kappa shape index (κ1) is 14.7. The fraction of sp³-hybridized carbons (Fsp3) is 0. The lowest BCUT2D eigenvalue weighted by Gasteiger charge is -2.06. The number of nitrogens with zero attached hydrogens (tertiary/aromatic N) is 3. The van der Waals surface area contributed by atoms with E-state index in [0.717, 1.165) is 0 Å². The third kappa shape index (κ3) is 3.26. The molecule has 0 unspecified atom stereocenters. The van der Waals surface area contributed by atoms with Crippen LogP contribution < -0.4 is 5.32 Å². The highest BCUT2D eigenvalue weighted by Gasteiger charge is 2.20. The standard InChI is InChI=1S/C11H5ClF2N4O3/c12-10-2-1-7(16-17-10)11(19)15-8-4-9(18(20)21)6(14)3-5(8)13/h1-4H,(H,15,19). The molecule has 0 aliphatic carbocycles. The van der Waals surface area contributed by atoms with Crippen molar-refractivity contribution in [2.45, 2.75) is 0 Å². The van der Waals surface area contributed by atoms with Crippen molar-refractivity contribution >= 4 is 28.9 Å². The van der Waals surface area contributed by atoms with Gasteiger partial charge in [0.25, 0.3) is 5.91 Å². The number of hydrogen-bond donors (Lipinski definition) is 1. The summed E-state index contributed by atoms with van der Waals surface area (Å²) >= 11 is 5.49. The number of rotatable bonds is 3. The molecule has 0 fully saturated rings. The van der Waals surface area contributed by atoms with Gasteiger partial charge in [-0.05, 0) is 12.1 Å². The molecule has 0 aliphatic rings. The number of halogens is 3. The van der Waals surface area contributed by atoms with Crippen LogP contribution in [0.4, 0.5) is 20.2 Å². The van der Waals surface area contributed by atoms with Gasteiger partial charge in [0.1, 0.15) is 5.82 Å². The highest BCUT2D eigenvalue weighted by molar-refractivity contribution is 6.29. The molecule has 0 aliphatic heterocycles. The Kier molecular flexibility index (Phi) is 4.03. The summed E-state index contributed by atoms with van der Waals surface area (Å²) in [6.07, 6.45) is 0. The largest absolute Gasteiger partial charge is 0.318 e. The van der Waals surface area contributed by atoms with Gasteiger partial charge in [-0.3, -0.25) is 14.9 Å². The maximum Gasteiger partial charge on any atom is 0.307 e. The summed E-state index contributed by atoms with van der Waals surface area (Å²) in [6.45, 7) is 0. The molecular formula is C11H5ClF2N4O3. The van der Waals surface area contributed by atoms with Crippen LogP contribution in [0.15, 0.2) is 24.3 Å². The third-order valence-corrected chi connectivity index (χ3v) is 2.55. The molecular weight excluding hydrogens is 310 g/mol. The van der Waals surface area contributed by atoms with Gasteiger partial charge in [-0.1, -0.05) is 11.6 Å². The van der Waals surface area contributed by atoms with Crippen molar-refractivity contribution in [3.8, 4) is 0 Å². The number of anilines is 1. The molecule has 1 aromatic heterocycles. The predicted molar refractivity (Wildman–Crippen MR) is 68.0 cm³/mol. The average Bonchev–Trinajstić information content (AvgIpc) is 2.42. The maximum atomic E-state index is 13.5. The van der Waals surface area contributed by atoms with Gasteiger partial charge in [0.05, 0.1) is 10.6 Å². The summed E-state index contributed by atoms with van der Waals surface area (Å²) in [5, 5.41) is 19.5. The van der Waals surface area contributed by atoms with Crippen molar-refractivity contribution in [3.05, 3.63) is 56.9 Å². The topological polar surface area (TPSA) is 98.0 Å². The van der Waals surface area contributed by atoms with Gasteiger partial charge in [0.2, 0.25) is 5.82 Å². The van der Waals surface area contributed by atoms with Gasteiger partial charge in [0.15, 0.2) is 10.8 Å². The van der Waals surface area contributed by atoms with E-state index in [0.29, 0.717) is 12.1 Å². The van der Waals surface area contributed by atoms with Crippen LogP contribution in [0.5, 0.6) is 0 Å². The van der Waals surface area contributed by atoms with Gasteiger partial charge >= 0.3 is 5.69 Å². The molecule has 7 nitrogen and oxygen atoms in total. The number of carbonyl (C=O) groups is 1. The third-order valence-electron chi connectivity index (χ3n) is 2.35. The van der Waals surface area contributed by atoms with Crippen LogP contribution in [0.1, 0.15) is 10.5 Å². The van der Waals surface area contributed by atoms with Crippen LogP contribution in [0, 0.1) is 21.7 Å². The second kappa shape index (κ2) is 5.75. The number of amides is 1. The minimum atomic E-state index is -1.35. The Morgan fingerprint density at radius 3 is 2.52 bits per heavy atom. The first-order chi connectivity index (χ1) is 9.88. The second-order valence-corrected chi connectivity index (χ2v) is 4.12. The molecule has 0 bridgehead atoms. The summed E-state index contributed by atoms with van der Waals surface area (Å²) in [5.41, 5.74) is -1.70. The summed E-state index contributed by atoms with van der Waals surface area (Å²) in [6, 6.07) is 3.39. The van der Waals surface area contributed by atoms with E-state index in [1.807, 2.05) is 5.32 Å². The number of nitrogens with one attached hydrogen (secondary N) is 1. The number of nitro groups is 1. The molecule has 0 spiro atoms. The van der Waals surface area contributed by atoms with Crippen molar-refractivity contribution in [1.82, 2.24) is 10.2 Å². The number of aromatic nitrogens is 2.